The van der Waals surface area contributed by atoms with Gasteiger partial charge in [0, 0.05) is 57.2 Å². The van der Waals surface area contributed by atoms with E-state index >= 15 is 0 Å². The zero-order valence-electron chi connectivity index (χ0n) is 35.6. The monoisotopic (exact) mass is 881 g/mol. The molecule has 4 aromatic rings. The number of amides is 5. The highest BCUT2D eigenvalue weighted by molar-refractivity contribution is 7.18. The van der Waals surface area contributed by atoms with Crippen molar-refractivity contribution >= 4 is 62.5 Å². The molecular formula is C47H53F2N7O6S. The van der Waals surface area contributed by atoms with Crippen molar-refractivity contribution in [3.63, 3.8) is 0 Å². The van der Waals surface area contributed by atoms with E-state index in [9.17, 15) is 32.8 Å². The number of fused-ring (bicyclic) bond motifs is 2. The highest BCUT2D eigenvalue weighted by Crippen LogP contribution is 2.48. The Hall–Kier alpha value is -5.35. The maximum atomic E-state index is 13.9. The fraction of sp³-hybridized carbons (Fsp3) is 0.511. The fourth-order valence-electron chi connectivity index (χ4n) is 10.6. The van der Waals surface area contributed by atoms with Crippen LogP contribution in [-0.4, -0.2) is 88.6 Å². The lowest BCUT2D eigenvalue weighted by molar-refractivity contribution is -0.136. The van der Waals surface area contributed by atoms with Crippen molar-refractivity contribution in [1.29, 1.82) is 0 Å². The van der Waals surface area contributed by atoms with E-state index in [1.165, 1.54) is 76.9 Å². The molecule has 5 heterocycles. The molecule has 5 amide bonds. The van der Waals surface area contributed by atoms with Gasteiger partial charge >= 0.3 is 0 Å². The minimum Gasteiger partial charge on any atom is -0.494 e. The van der Waals surface area contributed by atoms with Crippen LogP contribution in [-0.2, 0) is 15.5 Å². The van der Waals surface area contributed by atoms with Gasteiger partial charge < -0.3 is 20.3 Å². The van der Waals surface area contributed by atoms with Crippen molar-refractivity contribution in [2.24, 2.45) is 17.3 Å². The predicted molar refractivity (Wildman–Crippen MR) is 234 cm³/mol. The van der Waals surface area contributed by atoms with Crippen LogP contribution in [0.5, 0.6) is 5.75 Å². The van der Waals surface area contributed by atoms with Crippen LogP contribution < -0.4 is 20.7 Å². The molecule has 2 saturated heterocycles. The van der Waals surface area contributed by atoms with Gasteiger partial charge in [-0.2, -0.15) is 8.78 Å². The first-order valence-electron chi connectivity index (χ1n) is 22.2. The molecule has 16 heteroatoms. The smallest absolute Gasteiger partial charge is 0.287 e. The van der Waals surface area contributed by atoms with Crippen molar-refractivity contribution in [3.05, 3.63) is 76.1 Å². The second-order valence-corrected chi connectivity index (χ2v) is 19.5. The van der Waals surface area contributed by atoms with Gasteiger partial charge in [-0.3, -0.25) is 34.2 Å². The number of benzene rings is 2. The van der Waals surface area contributed by atoms with Crippen molar-refractivity contribution in [1.82, 2.24) is 25.1 Å². The molecule has 1 unspecified atom stereocenters. The number of carbonyl (C=O) groups excluding carboxylic acids is 5. The summed E-state index contributed by atoms with van der Waals surface area (Å²) in [5.41, 5.74) is 2.33. The van der Waals surface area contributed by atoms with Crippen LogP contribution in [0.1, 0.15) is 132 Å². The van der Waals surface area contributed by atoms with Crippen LogP contribution in [0.2, 0.25) is 0 Å². The fourth-order valence-corrected chi connectivity index (χ4v) is 11.7. The van der Waals surface area contributed by atoms with Gasteiger partial charge in [-0.25, -0.2) is 9.97 Å². The molecule has 2 saturated carbocycles. The topological polar surface area (TPSA) is 163 Å². The Balaban J connectivity index is 0.699. The van der Waals surface area contributed by atoms with E-state index in [0.717, 1.165) is 59.3 Å². The quantitative estimate of drug-likeness (QED) is 0.0883. The van der Waals surface area contributed by atoms with Crippen LogP contribution in [0.25, 0.3) is 10.2 Å². The minimum atomic E-state index is -3.16. The lowest BCUT2D eigenvalue weighted by atomic mass is 9.65. The molecule has 0 bridgehead atoms. The summed E-state index contributed by atoms with van der Waals surface area (Å²) >= 11 is 1.63. The molecule has 9 rings (SSSR count). The maximum Gasteiger partial charge on any atom is 0.287 e. The van der Waals surface area contributed by atoms with Gasteiger partial charge in [-0.05, 0) is 118 Å². The maximum absolute atomic E-state index is 13.9. The summed E-state index contributed by atoms with van der Waals surface area (Å²) in [6.45, 7) is 4.97. The molecule has 5 aliphatic rings. The first-order chi connectivity index (χ1) is 30.3. The molecule has 1 atom stereocenters. The van der Waals surface area contributed by atoms with E-state index in [-0.39, 0.29) is 24.1 Å². The third-order valence-electron chi connectivity index (χ3n) is 14.0. The van der Waals surface area contributed by atoms with E-state index in [4.69, 9.17) is 9.72 Å². The van der Waals surface area contributed by atoms with Crippen molar-refractivity contribution in [2.75, 3.05) is 43.9 Å². The molecule has 4 fully saturated rings. The number of piperidine rings is 1. The van der Waals surface area contributed by atoms with Crippen LogP contribution >= 0.6 is 11.3 Å². The number of thiazole rings is 1. The number of imide groups is 2. The number of nitrogens with one attached hydrogen (secondary N) is 3. The Morgan fingerprint density at radius 3 is 2.43 bits per heavy atom. The van der Waals surface area contributed by atoms with Gasteiger partial charge in [0.25, 0.3) is 23.6 Å². The molecule has 13 nitrogen and oxygen atoms in total. The molecule has 2 aromatic carbocycles. The predicted octanol–water partition coefficient (Wildman–Crippen LogP) is 8.12. The summed E-state index contributed by atoms with van der Waals surface area (Å²) in [5.74, 6) is -3.55. The highest BCUT2D eigenvalue weighted by Gasteiger charge is 2.47. The largest absolute Gasteiger partial charge is 0.494 e. The molecule has 2 aromatic heterocycles. The number of methoxy groups -OCH3 is 1. The van der Waals surface area contributed by atoms with E-state index < -0.39 is 47.2 Å². The molecule has 1 spiro atoms. The number of carbonyl (C=O) groups is 5. The summed E-state index contributed by atoms with van der Waals surface area (Å²) in [6, 6.07) is 11.9. The first kappa shape index (κ1) is 42.9. The Kier molecular flexibility index (Phi) is 11.8. The summed E-state index contributed by atoms with van der Waals surface area (Å²) < 4.78 is 34.2. The number of rotatable bonds is 13. The van der Waals surface area contributed by atoms with Crippen molar-refractivity contribution < 1.29 is 37.5 Å². The van der Waals surface area contributed by atoms with Gasteiger partial charge in [0.1, 0.15) is 23.2 Å². The second kappa shape index (κ2) is 17.3. The number of pyridine rings is 1. The molecule has 332 valence electrons. The van der Waals surface area contributed by atoms with Crippen LogP contribution in [0.3, 0.4) is 0 Å². The average molecular weight is 882 g/mol. The van der Waals surface area contributed by atoms with E-state index in [0.29, 0.717) is 52.4 Å². The summed E-state index contributed by atoms with van der Waals surface area (Å²) in [4.78, 5) is 76.3. The third-order valence-corrected chi connectivity index (χ3v) is 15.2. The Morgan fingerprint density at radius 2 is 1.70 bits per heavy atom. The van der Waals surface area contributed by atoms with Gasteiger partial charge in [-0.15, -0.1) is 11.3 Å². The van der Waals surface area contributed by atoms with Crippen LogP contribution in [0.15, 0.2) is 48.5 Å². The molecule has 0 radical (unpaired) electrons. The first-order valence-corrected chi connectivity index (χ1v) is 23.0. The molecule has 3 N–H and O–H groups in total. The number of hydrogen-bond acceptors (Lipinski definition) is 11. The SMILES string of the molecule is COc1cc2nc([C@H]3CC[C@H](CN4CC5(CCC(CCCNc6cccc7c6C(=O)N(C6CCC(=O)NC6=O)C7=O)CC5)C4)CC3)sc2cc1NC(=O)c1cccc(C(C)(F)F)n1. The number of ether oxygens (including phenoxy) is 1. The van der Waals surface area contributed by atoms with Gasteiger partial charge in [0.2, 0.25) is 11.8 Å². The number of alkyl halides is 2. The van der Waals surface area contributed by atoms with E-state index in [1.807, 2.05) is 18.2 Å². The summed E-state index contributed by atoms with van der Waals surface area (Å²) in [6.07, 6.45) is 11.8. The highest BCUT2D eigenvalue weighted by atomic mass is 32.1. The minimum absolute atomic E-state index is 0.0898. The number of likely N-dealkylation sites (tertiary alicyclic amines) is 1. The number of nitrogens with zero attached hydrogens (tertiary/aromatic N) is 4. The van der Waals surface area contributed by atoms with Gasteiger partial charge in [0.05, 0.1) is 39.1 Å². The Bertz CT molecular complexity index is 2450. The lowest BCUT2D eigenvalue weighted by Crippen LogP contribution is -2.58. The van der Waals surface area contributed by atoms with Crippen LogP contribution in [0.4, 0.5) is 20.2 Å². The van der Waals surface area contributed by atoms with Crippen molar-refractivity contribution in [3.8, 4) is 5.75 Å². The zero-order chi connectivity index (χ0) is 44.0. The molecule has 2 aliphatic carbocycles. The Morgan fingerprint density at radius 1 is 0.937 bits per heavy atom. The van der Waals surface area contributed by atoms with E-state index in [2.05, 4.69) is 25.8 Å². The van der Waals surface area contributed by atoms with Gasteiger partial charge in [-0.1, -0.05) is 12.1 Å². The van der Waals surface area contributed by atoms with Gasteiger partial charge in [0.15, 0.2) is 0 Å². The number of hydrogen-bond donors (Lipinski definition) is 3. The number of anilines is 2. The average Bonchev–Trinajstić information content (AvgIpc) is 3.79. The normalized spacial score (nSPS) is 22.9. The van der Waals surface area contributed by atoms with E-state index in [1.54, 1.807) is 23.5 Å². The lowest BCUT2D eigenvalue weighted by Gasteiger charge is -2.54. The summed E-state index contributed by atoms with van der Waals surface area (Å²) in [7, 11) is 1.52. The molecule has 3 aliphatic heterocycles. The van der Waals surface area contributed by atoms with Crippen molar-refractivity contribution in [2.45, 2.75) is 102 Å². The second-order valence-electron chi connectivity index (χ2n) is 18.4. The standard InChI is InChI=1S/C47H53F2N7O6S/c1-46(48,49)38-10-4-9-32(51-38)41(58)52-33-23-37-34(22-36(33)62-2)53-43(63-37)29-13-11-28(12-14-29)24-55-25-47(26-55)19-17-27(18-20-47)6-5-21-50-31-8-3-7-30-40(31)45(61)56(44(30)60)35-15-16-39(57)54-42(35)59/h3-4,7-10,22-23,27-29,35,50H,5-6,11-21,24-26H2,1-2H3,(H,52,58)(H,54,57,59)/t28-,29-,35?. The number of aromatic nitrogens is 2. The molecule has 63 heavy (non-hydrogen) atoms. The number of halogens is 2. The Labute approximate surface area is 368 Å². The van der Waals surface area contributed by atoms with Crippen LogP contribution in [0, 0.1) is 17.3 Å². The zero-order valence-corrected chi connectivity index (χ0v) is 36.5. The summed E-state index contributed by atoms with van der Waals surface area (Å²) in [5, 5.41) is 9.54. The third kappa shape index (κ3) is 8.80. The molecular weight excluding hydrogens is 829 g/mol.